The number of nitrogens with one attached hydrogen (secondary N) is 1. The Labute approximate surface area is 175 Å². The lowest BCUT2D eigenvalue weighted by Gasteiger charge is -2.19. The Kier molecular flexibility index (Phi) is 8.67. The molecule has 156 valence electrons. The summed E-state index contributed by atoms with van der Waals surface area (Å²) in [6.07, 6.45) is -0.407. The molecule has 2 aromatic rings. The number of esters is 1. The van der Waals surface area contributed by atoms with Crippen molar-refractivity contribution in [1.29, 1.82) is 0 Å². The van der Waals surface area contributed by atoms with Gasteiger partial charge in [0.05, 0.1) is 19.5 Å². The van der Waals surface area contributed by atoms with E-state index in [-0.39, 0.29) is 18.1 Å². The van der Waals surface area contributed by atoms with E-state index in [2.05, 4.69) is 17.9 Å². The molecule has 0 unspecified atom stereocenters. The summed E-state index contributed by atoms with van der Waals surface area (Å²) in [6.45, 7) is 2.13. The van der Waals surface area contributed by atoms with Crippen LogP contribution in [0.3, 0.4) is 0 Å². The van der Waals surface area contributed by atoms with Gasteiger partial charge in [0.1, 0.15) is 6.10 Å². The minimum Gasteiger partial charge on any atom is -0.504 e. The fraction of sp³-hybridized carbons (Fsp3) is 0.333. The first kappa shape index (κ1) is 22.4. The van der Waals surface area contributed by atoms with Crippen LogP contribution in [0.5, 0.6) is 11.5 Å². The smallest absolute Gasteiger partial charge is 0.412 e. The minimum atomic E-state index is -0.646. The highest BCUT2D eigenvalue weighted by atomic mass is 32.1. The zero-order valence-electron chi connectivity index (χ0n) is 16.4. The van der Waals surface area contributed by atoms with Gasteiger partial charge in [-0.3, -0.25) is 10.1 Å². The SMILES string of the molecule is COc1ccc([C@@H](CCCOC(=O)CS)OC(=O)Nc2ccc(C)cc2)cc1O. The van der Waals surface area contributed by atoms with Crippen molar-refractivity contribution in [3.05, 3.63) is 53.6 Å². The van der Waals surface area contributed by atoms with Gasteiger partial charge >= 0.3 is 12.1 Å². The van der Waals surface area contributed by atoms with Gasteiger partial charge in [-0.05, 0) is 49.6 Å². The summed E-state index contributed by atoms with van der Waals surface area (Å²) in [5.74, 6) is -0.144. The number of carbonyl (C=O) groups is 2. The monoisotopic (exact) mass is 419 g/mol. The molecule has 7 nitrogen and oxygen atoms in total. The number of methoxy groups -OCH3 is 1. The average Bonchev–Trinajstić information content (AvgIpc) is 2.71. The van der Waals surface area contributed by atoms with Crippen LogP contribution in [0.4, 0.5) is 10.5 Å². The number of carbonyl (C=O) groups excluding carboxylic acids is 2. The number of benzene rings is 2. The zero-order valence-corrected chi connectivity index (χ0v) is 17.3. The van der Waals surface area contributed by atoms with Crippen LogP contribution < -0.4 is 10.1 Å². The molecule has 0 saturated carbocycles. The molecule has 2 rings (SSSR count). The number of aryl methyl sites for hydroxylation is 1. The first-order valence-electron chi connectivity index (χ1n) is 9.10. The molecule has 8 heteroatoms. The number of aromatic hydroxyl groups is 1. The van der Waals surface area contributed by atoms with E-state index in [1.54, 1.807) is 24.3 Å². The molecule has 0 aliphatic carbocycles. The summed E-state index contributed by atoms with van der Waals surface area (Å²) in [5, 5.41) is 12.7. The third kappa shape index (κ3) is 7.23. The number of thiol groups is 1. The number of hydrogen-bond donors (Lipinski definition) is 3. The molecule has 0 aliphatic rings. The second-order valence-electron chi connectivity index (χ2n) is 6.34. The lowest BCUT2D eigenvalue weighted by molar-refractivity contribution is -0.140. The van der Waals surface area contributed by atoms with Gasteiger partial charge in [-0.15, -0.1) is 0 Å². The normalized spacial score (nSPS) is 11.4. The maximum Gasteiger partial charge on any atom is 0.412 e. The molecule has 0 aliphatic heterocycles. The summed E-state index contributed by atoms with van der Waals surface area (Å²) in [5.41, 5.74) is 2.29. The van der Waals surface area contributed by atoms with E-state index in [0.29, 0.717) is 29.8 Å². The van der Waals surface area contributed by atoms with Crippen LogP contribution in [0.15, 0.2) is 42.5 Å². The van der Waals surface area contributed by atoms with Crippen molar-refractivity contribution in [3.63, 3.8) is 0 Å². The standard InChI is InChI=1S/C21H25NO6S/c1-14-5-8-16(9-6-14)22-21(25)28-18(4-3-11-27-20(24)13-29)15-7-10-19(26-2)17(23)12-15/h5-10,12,18,23,29H,3-4,11,13H2,1-2H3,(H,22,25)/t18-/m1/s1. The molecule has 1 amide bonds. The fourth-order valence-electron chi connectivity index (χ4n) is 2.61. The van der Waals surface area contributed by atoms with Gasteiger partial charge in [0, 0.05) is 5.69 Å². The highest BCUT2D eigenvalue weighted by molar-refractivity contribution is 7.81. The molecular formula is C21H25NO6S. The molecular weight excluding hydrogens is 394 g/mol. The number of rotatable bonds is 9. The van der Waals surface area contributed by atoms with E-state index in [0.717, 1.165) is 5.56 Å². The van der Waals surface area contributed by atoms with Crippen LogP contribution in [-0.2, 0) is 14.3 Å². The van der Waals surface area contributed by atoms with E-state index < -0.39 is 18.2 Å². The molecule has 0 spiro atoms. The Morgan fingerprint density at radius 3 is 2.52 bits per heavy atom. The van der Waals surface area contributed by atoms with Crippen LogP contribution in [0.25, 0.3) is 0 Å². The molecule has 0 radical (unpaired) electrons. The topological polar surface area (TPSA) is 94.1 Å². The van der Waals surface area contributed by atoms with E-state index in [4.69, 9.17) is 14.2 Å². The lowest BCUT2D eigenvalue weighted by Crippen LogP contribution is -2.18. The van der Waals surface area contributed by atoms with Crippen molar-refractivity contribution in [2.45, 2.75) is 25.9 Å². The maximum absolute atomic E-state index is 12.4. The number of phenolic OH excluding ortho intramolecular Hbond substituents is 1. The second-order valence-corrected chi connectivity index (χ2v) is 6.65. The van der Waals surface area contributed by atoms with Crippen LogP contribution >= 0.6 is 12.6 Å². The van der Waals surface area contributed by atoms with Gasteiger partial charge in [0.25, 0.3) is 0 Å². The first-order valence-corrected chi connectivity index (χ1v) is 9.74. The molecule has 0 bridgehead atoms. The van der Waals surface area contributed by atoms with E-state index in [1.165, 1.54) is 13.2 Å². The highest BCUT2D eigenvalue weighted by Gasteiger charge is 2.19. The predicted molar refractivity (Wildman–Crippen MR) is 113 cm³/mol. The Hall–Kier alpha value is -2.87. The summed E-state index contributed by atoms with van der Waals surface area (Å²) >= 11 is 3.85. The van der Waals surface area contributed by atoms with E-state index in [1.807, 2.05) is 19.1 Å². The molecule has 0 saturated heterocycles. The Morgan fingerprint density at radius 2 is 1.90 bits per heavy atom. The molecule has 2 N–H and O–H groups in total. The van der Waals surface area contributed by atoms with Crippen molar-refractivity contribution in [3.8, 4) is 11.5 Å². The van der Waals surface area contributed by atoms with Gasteiger partial charge in [-0.2, -0.15) is 12.6 Å². The van der Waals surface area contributed by atoms with Crippen molar-refractivity contribution in [2.75, 3.05) is 24.8 Å². The molecule has 0 heterocycles. The first-order chi connectivity index (χ1) is 13.9. The lowest BCUT2D eigenvalue weighted by atomic mass is 10.0. The highest BCUT2D eigenvalue weighted by Crippen LogP contribution is 2.32. The number of amides is 1. The Balaban J connectivity index is 2.06. The van der Waals surface area contributed by atoms with Crippen molar-refractivity contribution in [1.82, 2.24) is 0 Å². The van der Waals surface area contributed by atoms with Crippen LogP contribution in [0, 0.1) is 6.92 Å². The Bertz CT molecular complexity index is 824. The summed E-state index contributed by atoms with van der Waals surface area (Å²) in [7, 11) is 1.45. The summed E-state index contributed by atoms with van der Waals surface area (Å²) < 4.78 is 15.6. The van der Waals surface area contributed by atoms with Crippen molar-refractivity contribution >= 4 is 30.4 Å². The van der Waals surface area contributed by atoms with Gasteiger partial charge in [0.15, 0.2) is 11.5 Å². The van der Waals surface area contributed by atoms with E-state index in [9.17, 15) is 14.7 Å². The molecule has 2 aromatic carbocycles. The van der Waals surface area contributed by atoms with Crippen LogP contribution in [0.2, 0.25) is 0 Å². The van der Waals surface area contributed by atoms with Gasteiger partial charge < -0.3 is 19.3 Å². The average molecular weight is 419 g/mol. The molecule has 0 aromatic heterocycles. The van der Waals surface area contributed by atoms with Crippen molar-refractivity contribution < 1.29 is 28.9 Å². The third-order valence-corrected chi connectivity index (χ3v) is 4.38. The summed E-state index contributed by atoms with van der Waals surface area (Å²) in [6, 6.07) is 12.1. The quantitative estimate of drug-likeness (QED) is 0.320. The van der Waals surface area contributed by atoms with Crippen LogP contribution in [0.1, 0.15) is 30.1 Å². The zero-order chi connectivity index (χ0) is 21.2. The molecule has 0 fully saturated rings. The number of phenols is 1. The predicted octanol–water partition coefficient (Wildman–Crippen LogP) is 4.25. The molecule has 1 atom stereocenters. The van der Waals surface area contributed by atoms with Crippen LogP contribution in [-0.4, -0.2) is 36.6 Å². The fourth-order valence-corrected chi connectivity index (χ4v) is 2.71. The Morgan fingerprint density at radius 1 is 1.17 bits per heavy atom. The van der Waals surface area contributed by atoms with E-state index >= 15 is 0 Å². The van der Waals surface area contributed by atoms with Gasteiger partial charge in [0.2, 0.25) is 0 Å². The largest absolute Gasteiger partial charge is 0.504 e. The number of ether oxygens (including phenoxy) is 3. The maximum atomic E-state index is 12.4. The van der Waals surface area contributed by atoms with Gasteiger partial charge in [-0.1, -0.05) is 23.8 Å². The second kappa shape index (κ2) is 11.2. The van der Waals surface area contributed by atoms with Crippen molar-refractivity contribution in [2.24, 2.45) is 0 Å². The number of hydrogen-bond acceptors (Lipinski definition) is 7. The van der Waals surface area contributed by atoms with Gasteiger partial charge in [-0.25, -0.2) is 4.79 Å². The minimum absolute atomic E-state index is 0.00520. The third-order valence-electron chi connectivity index (χ3n) is 4.12. The number of anilines is 1. The molecule has 29 heavy (non-hydrogen) atoms. The summed E-state index contributed by atoms with van der Waals surface area (Å²) in [4.78, 5) is 23.6.